The lowest BCUT2D eigenvalue weighted by Crippen LogP contribution is -2.39. The van der Waals surface area contributed by atoms with Gasteiger partial charge in [-0.2, -0.15) is 5.10 Å². The second kappa shape index (κ2) is 8.03. The summed E-state index contributed by atoms with van der Waals surface area (Å²) in [4.78, 5) is 27.1. The van der Waals surface area contributed by atoms with Crippen LogP contribution in [0.2, 0.25) is 0 Å². The molecule has 3 rings (SSSR count). The summed E-state index contributed by atoms with van der Waals surface area (Å²) in [5.41, 5.74) is 3.97. The lowest BCUT2D eigenvalue weighted by Gasteiger charge is -2.22. The Labute approximate surface area is 158 Å². The summed E-state index contributed by atoms with van der Waals surface area (Å²) in [7, 11) is 0. The van der Waals surface area contributed by atoms with Gasteiger partial charge in [-0.25, -0.2) is 0 Å². The van der Waals surface area contributed by atoms with Gasteiger partial charge < -0.3 is 9.64 Å². The molecule has 0 saturated carbocycles. The van der Waals surface area contributed by atoms with E-state index in [9.17, 15) is 9.59 Å². The van der Waals surface area contributed by atoms with E-state index in [0.717, 1.165) is 5.69 Å². The SMILES string of the molecule is CCOC(=O)C1(C)CN(C(=O)c2ccccc2)CC1=NNc1ccccc1. The molecular formula is C21H23N3O3. The van der Waals surface area contributed by atoms with Gasteiger partial charge in [0.05, 0.1) is 24.6 Å². The molecule has 27 heavy (non-hydrogen) atoms. The van der Waals surface area contributed by atoms with E-state index in [1.165, 1.54) is 0 Å². The quantitative estimate of drug-likeness (QED) is 0.653. The molecule has 0 spiro atoms. The molecule has 1 unspecified atom stereocenters. The van der Waals surface area contributed by atoms with Crippen molar-refractivity contribution in [2.75, 3.05) is 25.1 Å². The summed E-state index contributed by atoms with van der Waals surface area (Å²) in [6.45, 7) is 4.31. The fraction of sp³-hybridized carbons (Fsp3) is 0.286. The summed E-state index contributed by atoms with van der Waals surface area (Å²) in [6.07, 6.45) is 0. The van der Waals surface area contributed by atoms with Crippen LogP contribution in [-0.4, -0.2) is 42.2 Å². The predicted octanol–water partition coefficient (Wildman–Crippen LogP) is 3.18. The molecule has 6 nitrogen and oxygen atoms in total. The van der Waals surface area contributed by atoms with Crippen molar-refractivity contribution in [3.05, 3.63) is 66.2 Å². The van der Waals surface area contributed by atoms with Crippen molar-refractivity contribution in [1.29, 1.82) is 0 Å². The van der Waals surface area contributed by atoms with Crippen LogP contribution in [0.25, 0.3) is 0 Å². The Hall–Kier alpha value is -3.15. The van der Waals surface area contributed by atoms with Gasteiger partial charge in [-0.3, -0.25) is 15.0 Å². The third-order valence-electron chi connectivity index (χ3n) is 4.61. The molecule has 0 bridgehead atoms. The van der Waals surface area contributed by atoms with E-state index in [4.69, 9.17) is 4.74 Å². The zero-order valence-corrected chi connectivity index (χ0v) is 15.5. The molecule has 2 aromatic carbocycles. The van der Waals surface area contributed by atoms with Crippen LogP contribution >= 0.6 is 0 Å². The van der Waals surface area contributed by atoms with Gasteiger partial charge in [0, 0.05) is 12.1 Å². The average molecular weight is 365 g/mol. The summed E-state index contributed by atoms with van der Waals surface area (Å²) in [5.74, 6) is -0.502. The number of rotatable bonds is 5. The molecule has 1 saturated heterocycles. The Balaban J connectivity index is 1.86. The number of hydrogen-bond donors (Lipinski definition) is 1. The predicted molar refractivity (Wildman–Crippen MR) is 105 cm³/mol. The van der Waals surface area contributed by atoms with Gasteiger partial charge in [0.1, 0.15) is 5.41 Å². The van der Waals surface area contributed by atoms with Crippen molar-refractivity contribution < 1.29 is 14.3 Å². The van der Waals surface area contributed by atoms with Crippen LogP contribution in [0, 0.1) is 5.41 Å². The lowest BCUT2D eigenvalue weighted by molar-refractivity contribution is -0.150. The fourth-order valence-corrected chi connectivity index (χ4v) is 3.07. The maximum atomic E-state index is 12.8. The van der Waals surface area contributed by atoms with Crippen molar-refractivity contribution in [3.8, 4) is 0 Å². The van der Waals surface area contributed by atoms with Crippen LogP contribution in [0.3, 0.4) is 0 Å². The minimum atomic E-state index is -0.984. The van der Waals surface area contributed by atoms with Gasteiger partial charge in [-0.1, -0.05) is 36.4 Å². The normalized spacial score (nSPS) is 20.5. The number of amides is 1. The lowest BCUT2D eigenvalue weighted by atomic mass is 9.88. The zero-order chi connectivity index (χ0) is 19.3. The van der Waals surface area contributed by atoms with Gasteiger partial charge in [0.25, 0.3) is 5.91 Å². The Morgan fingerprint density at radius 3 is 2.37 bits per heavy atom. The average Bonchev–Trinajstić information content (AvgIpc) is 3.05. The van der Waals surface area contributed by atoms with Gasteiger partial charge in [-0.05, 0) is 38.1 Å². The van der Waals surface area contributed by atoms with Crippen LogP contribution in [0.15, 0.2) is 65.8 Å². The minimum Gasteiger partial charge on any atom is -0.465 e. The molecule has 1 N–H and O–H groups in total. The highest BCUT2D eigenvalue weighted by atomic mass is 16.5. The third kappa shape index (κ3) is 4.00. The first-order valence-corrected chi connectivity index (χ1v) is 8.94. The molecule has 0 aliphatic carbocycles. The molecule has 1 atom stereocenters. The molecule has 1 amide bonds. The maximum absolute atomic E-state index is 12.8. The third-order valence-corrected chi connectivity index (χ3v) is 4.61. The van der Waals surface area contributed by atoms with Crippen molar-refractivity contribution in [3.63, 3.8) is 0 Å². The van der Waals surface area contributed by atoms with Crippen molar-refractivity contribution >= 4 is 23.3 Å². The monoisotopic (exact) mass is 365 g/mol. The van der Waals surface area contributed by atoms with E-state index in [1.54, 1.807) is 30.9 Å². The highest BCUT2D eigenvalue weighted by Crippen LogP contribution is 2.31. The first-order chi connectivity index (χ1) is 13.0. The molecule has 1 aliphatic rings. The van der Waals surface area contributed by atoms with E-state index in [0.29, 0.717) is 11.3 Å². The molecule has 1 fully saturated rings. The highest BCUT2D eigenvalue weighted by molar-refractivity contribution is 6.12. The molecule has 0 radical (unpaired) electrons. The van der Waals surface area contributed by atoms with Crippen molar-refractivity contribution in [2.24, 2.45) is 10.5 Å². The first kappa shape index (κ1) is 18.6. The molecular weight excluding hydrogens is 342 g/mol. The smallest absolute Gasteiger partial charge is 0.319 e. The number of nitrogens with one attached hydrogen (secondary N) is 1. The molecule has 0 aromatic heterocycles. The second-order valence-electron chi connectivity index (χ2n) is 6.62. The molecule has 1 aliphatic heterocycles. The minimum absolute atomic E-state index is 0.129. The molecule has 2 aromatic rings. The van der Waals surface area contributed by atoms with Crippen LogP contribution in [0.4, 0.5) is 5.69 Å². The number of nitrogens with zero attached hydrogens (tertiary/aromatic N) is 2. The van der Waals surface area contributed by atoms with Crippen LogP contribution < -0.4 is 5.43 Å². The second-order valence-corrected chi connectivity index (χ2v) is 6.62. The van der Waals surface area contributed by atoms with Gasteiger partial charge >= 0.3 is 5.97 Å². The topological polar surface area (TPSA) is 71.0 Å². The number of carbonyl (C=O) groups is 2. The summed E-state index contributed by atoms with van der Waals surface area (Å²) < 4.78 is 5.26. The van der Waals surface area contributed by atoms with Crippen LogP contribution in [0.5, 0.6) is 0 Å². The fourth-order valence-electron chi connectivity index (χ4n) is 3.07. The summed E-state index contributed by atoms with van der Waals surface area (Å²) in [5, 5.41) is 4.45. The summed E-state index contributed by atoms with van der Waals surface area (Å²) >= 11 is 0. The molecule has 1 heterocycles. The Bertz CT molecular complexity index is 836. The summed E-state index contributed by atoms with van der Waals surface area (Å²) in [6, 6.07) is 18.5. The van der Waals surface area contributed by atoms with Crippen LogP contribution in [-0.2, 0) is 9.53 Å². The van der Waals surface area contributed by atoms with Crippen molar-refractivity contribution in [2.45, 2.75) is 13.8 Å². The number of para-hydroxylation sites is 1. The van der Waals surface area contributed by atoms with Gasteiger partial charge in [-0.15, -0.1) is 0 Å². The van der Waals surface area contributed by atoms with Gasteiger partial charge in [0.15, 0.2) is 0 Å². The number of ether oxygens (including phenoxy) is 1. The largest absolute Gasteiger partial charge is 0.465 e. The van der Waals surface area contributed by atoms with Crippen molar-refractivity contribution in [1.82, 2.24) is 4.90 Å². The molecule has 140 valence electrons. The zero-order valence-electron chi connectivity index (χ0n) is 15.5. The van der Waals surface area contributed by atoms with E-state index >= 15 is 0 Å². The number of hydrazone groups is 1. The van der Waals surface area contributed by atoms with E-state index in [-0.39, 0.29) is 31.6 Å². The maximum Gasteiger partial charge on any atom is 0.319 e. The number of anilines is 1. The highest BCUT2D eigenvalue weighted by Gasteiger charge is 2.49. The molecule has 6 heteroatoms. The van der Waals surface area contributed by atoms with E-state index < -0.39 is 5.41 Å². The number of benzene rings is 2. The van der Waals surface area contributed by atoms with Crippen LogP contribution in [0.1, 0.15) is 24.2 Å². The Morgan fingerprint density at radius 1 is 1.11 bits per heavy atom. The Kier molecular flexibility index (Phi) is 5.54. The number of carbonyl (C=O) groups excluding carboxylic acids is 2. The first-order valence-electron chi connectivity index (χ1n) is 8.94. The number of esters is 1. The number of hydrogen-bond acceptors (Lipinski definition) is 5. The van der Waals surface area contributed by atoms with E-state index in [1.807, 2.05) is 48.5 Å². The Morgan fingerprint density at radius 2 is 1.74 bits per heavy atom. The standard InChI is InChI=1S/C21H23N3O3/c1-3-27-20(26)21(2)15-24(19(25)16-10-6-4-7-11-16)14-18(21)23-22-17-12-8-5-9-13-17/h4-13,22H,3,14-15H2,1-2H3. The number of likely N-dealkylation sites (tertiary alicyclic amines) is 1. The van der Waals surface area contributed by atoms with E-state index in [2.05, 4.69) is 10.5 Å². The van der Waals surface area contributed by atoms with Gasteiger partial charge in [0.2, 0.25) is 0 Å².